The molecule has 0 saturated heterocycles. The molecule has 0 aliphatic carbocycles. The number of carbonyl (C=O) groups is 1. The quantitative estimate of drug-likeness (QED) is 0.721. The number of rotatable bonds is 8. The van der Waals surface area contributed by atoms with E-state index in [1.807, 2.05) is 24.3 Å². The molecule has 0 aromatic heterocycles. The SMILES string of the molecule is CCCCCNCCC(=O)Nc1ccccc1Br. The number of nitrogens with one attached hydrogen (secondary N) is 2. The van der Waals surface area contributed by atoms with E-state index < -0.39 is 0 Å². The van der Waals surface area contributed by atoms with Gasteiger partial charge < -0.3 is 10.6 Å². The summed E-state index contributed by atoms with van der Waals surface area (Å²) in [6, 6.07) is 7.63. The van der Waals surface area contributed by atoms with Gasteiger partial charge in [0.05, 0.1) is 5.69 Å². The van der Waals surface area contributed by atoms with Gasteiger partial charge in [-0.1, -0.05) is 31.9 Å². The Morgan fingerprint density at radius 2 is 2.00 bits per heavy atom. The molecule has 0 unspecified atom stereocenters. The second-order valence-corrected chi connectivity index (χ2v) is 5.09. The van der Waals surface area contributed by atoms with E-state index in [1.54, 1.807) is 0 Å². The zero-order valence-corrected chi connectivity index (χ0v) is 12.4. The van der Waals surface area contributed by atoms with Crippen molar-refractivity contribution in [1.82, 2.24) is 5.32 Å². The van der Waals surface area contributed by atoms with Crippen molar-refractivity contribution in [3.05, 3.63) is 28.7 Å². The van der Waals surface area contributed by atoms with E-state index in [9.17, 15) is 4.79 Å². The third-order valence-electron chi connectivity index (χ3n) is 2.63. The van der Waals surface area contributed by atoms with Crippen LogP contribution in [-0.4, -0.2) is 19.0 Å². The topological polar surface area (TPSA) is 41.1 Å². The maximum Gasteiger partial charge on any atom is 0.225 e. The Balaban J connectivity index is 2.16. The minimum atomic E-state index is 0.0462. The summed E-state index contributed by atoms with van der Waals surface area (Å²) in [7, 11) is 0. The summed E-state index contributed by atoms with van der Waals surface area (Å²) in [5.41, 5.74) is 0.827. The number of halogens is 1. The summed E-state index contributed by atoms with van der Waals surface area (Å²) in [6.45, 7) is 3.92. The average molecular weight is 313 g/mol. The highest BCUT2D eigenvalue weighted by Crippen LogP contribution is 2.21. The highest BCUT2D eigenvalue weighted by Gasteiger charge is 2.04. The van der Waals surface area contributed by atoms with Gasteiger partial charge in [0, 0.05) is 17.4 Å². The van der Waals surface area contributed by atoms with Crippen molar-refractivity contribution < 1.29 is 4.79 Å². The number of hydrogen-bond donors (Lipinski definition) is 2. The highest BCUT2D eigenvalue weighted by molar-refractivity contribution is 9.10. The molecule has 18 heavy (non-hydrogen) atoms. The molecule has 1 rings (SSSR count). The number of anilines is 1. The summed E-state index contributed by atoms with van der Waals surface area (Å²) in [6.07, 6.45) is 4.16. The molecular weight excluding hydrogens is 292 g/mol. The number of amides is 1. The monoisotopic (exact) mass is 312 g/mol. The summed E-state index contributed by atoms with van der Waals surface area (Å²) >= 11 is 3.40. The van der Waals surface area contributed by atoms with Gasteiger partial charge >= 0.3 is 0 Å². The molecule has 3 nitrogen and oxygen atoms in total. The third-order valence-corrected chi connectivity index (χ3v) is 3.33. The van der Waals surface area contributed by atoms with Gasteiger partial charge in [0.2, 0.25) is 5.91 Å². The smallest absolute Gasteiger partial charge is 0.225 e. The van der Waals surface area contributed by atoms with Gasteiger partial charge in [-0.15, -0.1) is 0 Å². The maximum absolute atomic E-state index is 11.7. The Morgan fingerprint density at radius 1 is 1.22 bits per heavy atom. The van der Waals surface area contributed by atoms with Crippen LogP contribution in [0.4, 0.5) is 5.69 Å². The molecule has 0 aliphatic rings. The van der Waals surface area contributed by atoms with E-state index in [2.05, 4.69) is 33.5 Å². The Labute approximate surface area is 117 Å². The lowest BCUT2D eigenvalue weighted by molar-refractivity contribution is -0.116. The van der Waals surface area contributed by atoms with Crippen molar-refractivity contribution in [3.63, 3.8) is 0 Å². The van der Waals surface area contributed by atoms with Gasteiger partial charge in [0.15, 0.2) is 0 Å². The first kappa shape index (κ1) is 15.2. The molecule has 0 spiro atoms. The van der Waals surface area contributed by atoms with Crippen molar-refractivity contribution >= 4 is 27.5 Å². The van der Waals surface area contributed by atoms with Crippen LogP contribution in [0, 0.1) is 0 Å². The van der Waals surface area contributed by atoms with Crippen LogP contribution in [0.5, 0.6) is 0 Å². The number of para-hydroxylation sites is 1. The van der Waals surface area contributed by atoms with E-state index >= 15 is 0 Å². The van der Waals surface area contributed by atoms with E-state index in [0.717, 1.165) is 23.2 Å². The van der Waals surface area contributed by atoms with Crippen LogP contribution in [-0.2, 0) is 4.79 Å². The first-order valence-electron chi connectivity index (χ1n) is 6.49. The van der Waals surface area contributed by atoms with Crippen LogP contribution in [0.3, 0.4) is 0 Å². The lowest BCUT2D eigenvalue weighted by atomic mass is 10.2. The normalized spacial score (nSPS) is 10.3. The lowest BCUT2D eigenvalue weighted by Gasteiger charge is -2.07. The van der Waals surface area contributed by atoms with Gasteiger partial charge in [-0.2, -0.15) is 0 Å². The summed E-state index contributed by atoms with van der Waals surface area (Å²) in [5.74, 6) is 0.0462. The summed E-state index contributed by atoms with van der Waals surface area (Å²) in [5, 5.41) is 6.17. The fourth-order valence-corrected chi connectivity index (χ4v) is 1.99. The molecule has 0 aliphatic heterocycles. The molecular formula is C14H21BrN2O. The van der Waals surface area contributed by atoms with E-state index in [-0.39, 0.29) is 5.91 Å². The Morgan fingerprint density at radius 3 is 2.72 bits per heavy atom. The molecule has 1 aromatic rings. The van der Waals surface area contributed by atoms with Crippen LogP contribution in [0.15, 0.2) is 28.7 Å². The van der Waals surface area contributed by atoms with E-state index in [0.29, 0.717) is 6.42 Å². The maximum atomic E-state index is 11.7. The lowest BCUT2D eigenvalue weighted by Crippen LogP contribution is -2.22. The van der Waals surface area contributed by atoms with E-state index in [4.69, 9.17) is 0 Å². The minimum Gasteiger partial charge on any atom is -0.325 e. The average Bonchev–Trinajstić information content (AvgIpc) is 2.36. The van der Waals surface area contributed by atoms with Gasteiger partial charge in [-0.3, -0.25) is 4.79 Å². The zero-order chi connectivity index (χ0) is 13.2. The standard InChI is InChI=1S/C14H21BrN2O/c1-2-3-6-10-16-11-9-14(18)17-13-8-5-4-7-12(13)15/h4-5,7-8,16H,2-3,6,9-11H2,1H3,(H,17,18). The second kappa shape index (κ2) is 9.11. The number of carbonyl (C=O) groups excluding carboxylic acids is 1. The third kappa shape index (κ3) is 6.17. The van der Waals surface area contributed by atoms with Crippen molar-refractivity contribution in [2.75, 3.05) is 18.4 Å². The highest BCUT2D eigenvalue weighted by atomic mass is 79.9. The Hall–Kier alpha value is -0.870. The predicted molar refractivity (Wildman–Crippen MR) is 79.8 cm³/mol. The Kier molecular flexibility index (Phi) is 7.69. The molecule has 2 N–H and O–H groups in total. The van der Waals surface area contributed by atoms with Crippen LogP contribution < -0.4 is 10.6 Å². The summed E-state index contributed by atoms with van der Waals surface area (Å²) < 4.78 is 0.911. The molecule has 0 bridgehead atoms. The molecule has 1 aromatic carbocycles. The van der Waals surface area contributed by atoms with Crippen LogP contribution in [0.25, 0.3) is 0 Å². The van der Waals surface area contributed by atoms with E-state index in [1.165, 1.54) is 19.3 Å². The fourth-order valence-electron chi connectivity index (χ4n) is 1.60. The van der Waals surface area contributed by atoms with Gasteiger partial charge in [-0.25, -0.2) is 0 Å². The summed E-state index contributed by atoms with van der Waals surface area (Å²) in [4.78, 5) is 11.7. The second-order valence-electron chi connectivity index (χ2n) is 4.24. The zero-order valence-electron chi connectivity index (χ0n) is 10.8. The van der Waals surface area contributed by atoms with Crippen molar-refractivity contribution in [2.45, 2.75) is 32.6 Å². The predicted octanol–water partition coefficient (Wildman–Crippen LogP) is 3.56. The molecule has 1 amide bonds. The first-order valence-corrected chi connectivity index (χ1v) is 7.28. The largest absolute Gasteiger partial charge is 0.325 e. The van der Waals surface area contributed by atoms with Crippen molar-refractivity contribution in [3.8, 4) is 0 Å². The van der Waals surface area contributed by atoms with Gasteiger partial charge in [-0.05, 0) is 41.0 Å². The van der Waals surface area contributed by atoms with Gasteiger partial charge in [0.25, 0.3) is 0 Å². The first-order chi connectivity index (χ1) is 8.74. The molecule has 4 heteroatoms. The number of unbranched alkanes of at least 4 members (excludes halogenated alkanes) is 2. The van der Waals surface area contributed by atoms with Gasteiger partial charge in [0.1, 0.15) is 0 Å². The number of hydrogen-bond acceptors (Lipinski definition) is 2. The van der Waals surface area contributed by atoms with Crippen molar-refractivity contribution in [2.24, 2.45) is 0 Å². The molecule has 0 fully saturated rings. The van der Waals surface area contributed by atoms with Crippen molar-refractivity contribution in [1.29, 1.82) is 0 Å². The molecule has 100 valence electrons. The molecule has 0 atom stereocenters. The molecule has 0 radical (unpaired) electrons. The molecule has 0 heterocycles. The fraction of sp³-hybridized carbons (Fsp3) is 0.500. The van der Waals surface area contributed by atoms with Crippen LogP contribution in [0.1, 0.15) is 32.6 Å². The Bertz CT molecular complexity index is 369. The van der Waals surface area contributed by atoms with Crippen LogP contribution in [0.2, 0.25) is 0 Å². The van der Waals surface area contributed by atoms with Crippen LogP contribution >= 0.6 is 15.9 Å². The minimum absolute atomic E-state index is 0.0462. The molecule has 0 saturated carbocycles. The number of benzene rings is 1.